The number of rotatable bonds is 10. The molecule has 0 bridgehead atoms. The van der Waals surface area contributed by atoms with E-state index >= 15 is 0 Å². The van der Waals surface area contributed by atoms with Gasteiger partial charge in [-0.2, -0.15) is 20.4 Å². The maximum absolute atomic E-state index is 13.1. The Morgan fingerprint density at radius 3 is 1.21 bits per heavy atom. The zero-order valence-electron chi connectivity index (χ0n) is 57.5. The van der Waals surface area contributed by atoms with Crippen molar-refractivity contribution in [1.29, 1.82) is 0 Å². The molecule has 4 atom stereocenters. The molecule has 12 aromatic rings. The largest absolute Gasteiger partial charge is 1.00 e. The molecule has 9 N–H and O–H groups in total. The minimum Gasteiger partial charge on any atom is -0.391 e. The van der Waals surface area contributed by atoms with Crippen molar-refractivity contribution in [2.75, 3.05) is 31.6 Å². The average Bonchev–Trinajstić information content (AvgIpc) is 1.56. The molecule has 27 nitrogen and oxygen atoms in total. The molecule has 0 spiro atoms. The molecule has 102 heavy (non-hydrogen) atoms. The quantitative estimate of drug-likeness (QED) is 0.0159. The molecule has 10 heterocycles. The molecule has 6 aliphatic rings. The van der Waals surface area contributed by atoms with Gasteiger partial charge in [0.25, 0.3) is 22.2 Å². The van der Waals surface area contributed by atoms with Crippen LogP contribution in [0.25, 0.3) is 114 Å². The topological polar surface area (TPSA) is 413 Å². The summed E-state index contributed by atoms with van der Waals surface area (Å²) >= 11 is 3.25. The number of aliphatic hydroxyl groups is 2. The summed E-state index contributed by atoms with van der Waals surface area (Å²) in [7, 11) is 0. The molecule has 2 saturated heterocycles. The van der Waals surface area contributed by atoms with Crippen LogP contribution in [0.3, 0.4) is 0 Å². The van der Waals surface area contributed by atoms with E-state index in [9.17, 15) is 29.4 Å². The second-order valence-electron chi connectivity index (χ2n) is 27.0. The standard InChI is InChI=1S/C18H20N6O2.C18H22N4O2.C18H19N3O2.C15H15N3O.C3H5BrO.CH4.N3.Na/c1-10-16-17(22-21-10)14-6-11-4-2-3-5-12(11)7-15(14)24(18(16)26)9-13(25)8-20-23-19;1-10-16-17(21-20-10)14-6-11-4-2-3-5-12(11)7-15(14)22(18(16)24)9-13(23)8-19;1-10-16-17(20-19-10)14-6-11-4-2-3-5-12(11)7-15(14)21(18(16)22)8-13-9-23-13;1-8-13-14(18-17-8)11-6-9-4-2-3-5-10(9)7-12(11)16-15(13)19;4-1-3-2-5-3;;1-3-2;/h6-7,13,25H,2-5,8-9H2,1H3,(H,21,22);6-7,13,23H,2-5,8-9,19H2,1H3,(H,20,21);6-7,13H,2-5,8-9H2,1H3,(H,19,20);6-7H,2-5H2,1H3,(H,16,19)(H,17,18);3H,1-2H2;1H4;;/q;;;;;;-1;+1. The van der Waals surface area contributed by atoms with E-state index in [2.05, 4.69) is 120 Å². The summed E-state index contributed by atoms with van der Waals surface area (Å²) in [4.78, 5) is 58.4. The molecule has 0 amide bonds. The number of alkyl halides is 1. The number of fused-ring (bicyclic) bond motifs is 16. The number of benzene rings is 4. The van der Waals surface area contributed by atoms with Gasteiger partial charge >= 0.3 is 29.6 Å². The number of nitrogens with two attached hydrogens (primary N) is 1. The molecule has 29 heteroatoms. The number of hydrogen-bond acceptors (Lipinski definition) is 14. The summed E-state index contributed by atoms with van der Waals surface area (Å²) < 4.78 is 15.3. The van der Waals surface area contributed by atoms with Crippen LogP contribution in [0.5, 0.6) is 0 Å². The van der Waals surface area contributed by atoms with Crippen LogP contribution in [-0.4, -0.2) is 126 Å². The van der Waals surface area contributed by atoms with Crippen LogP contribution >= 0.6 is 15.9 Å². The van der Waals surface area contributed by atoms with Crippen molar-refractivity contribution in [1.82, 2.24) is 59.5 Å². The summed E-state index contributed by atoms with van der Waals surface area (Å²) in [6.45, 7) is 10.2. The van der Waals surface area contributed by atoms with Gasteiger partial charge in [0, 0.05) is 61.1 Å². The number of ether oxygens (including phenoxy) is 2. The number of nitrogens with zero attached hydrogens (tertiary/aromatic N) is 13. The van der Waals surface area contributed by atoms with Crippen LogP contribution in [0.15, 0.2) is 72.8 Å². The summed E-state index contributed by atoms with van der Waals surface area (Å²) in [5.41, 5.74) is 47.7. The number of hydrogen-bond donors (Lipinski definition) is 8. The molecule has 4 aliphatic carbocycles. The number of nitrogens with one attached hydrogen (secondary N) is 5. The zero-order chi connectivity index (χ0) is 70.0. The van der Waals surface area contributed by atoms with Crippen molar-refractivity contribution in [3.8, 4) is 0 Å². The number of aromatic nitrogens is 12. The third-order valence-corrected chi connectivity index (χ3v) is 20.9. The van der Waals surface area contributed by atoms with Gasteiger partial charge in [-0.1, -0.05) is 28.5 Å². The monoisotopic (exact) mass is 1460 g/mol. The number of H-pyrrole nitrogens is 5. The van der Waals surface area contributed by atoms with Crippen molar-refractivity contribution in [2.45, 2.75) is 182 Å². The normalized spacial score (nSPS) is 16.6. The third kappa shape index (κ3) is 15.3. The number of epoxide rings is 2. The number of halogens is 1. The molecule has 18 rings (SSSR count). The summed E-state index contributed by atoms with van der Waals surface area (Å²) in [6, 6.07) is 17.3. The van der Waals surface area contributed by atoms with Crippen molar-refractivity contribution in [3.05, 3.63) is 184 Å². The van der Waals surface area contributed by atoms with Gasteiger partial charge in [-0.25, -0.2) is 0 Å². The second-order valence-corrected chi connectivity index (χ2v) is 27.7. The van der Waals surface area contributed by atoms with Crippen LogP contribution in [0.4, 0.5) is 0 Å². The Hall–Kier alpha value is -8.50. The first-order valence-electron chi connectivity index (χ1n) is 34.5. The molecule has 2 fully saturated rings. The molecular weight excluding hydrogens is 1370 g/mol. The molecule has 528 valence electrons. The van der Waals surface area contributed by atoms with Crippen molar-refractivity contribution < 1.29 is 49.2 Å². The van der Waals surface area contributed by atoms with Gasteiger partial charge < -0.3 is 55.2 Å². The van der Waals surface area contributed by atoms with Crippen molar-refractivity contribution in [3.63, 3.8) is 0 Å². The van der Waals surface area contributed by atoms with E-state index in [1.807, 2.05) is 32.3 Å². The van der Waals surface area contributed by atoms with Crippen molar-refractivity contribution >= 4 is 103 Å². The molecule has 0 radical (unpaired) electrons. The number of azide groups is 1. The zero-order valence-corrected chi connectivity index (χ0v) is 61.1. The SMILES string of the molecule is BrCC1CO1.C.Cc1[nH]nc2c1c(=O)[nH]c1cc3c(cc12)CCCC3.Cc1[nH]nc2c1c(=O)n(CC(O)CN)c1cc3c(cc21)CCCC3.Cc1[nH]nc2c1c(=O)n(CC(O)CN=[N+]=[N-])c1cc3c(cc21)CCCC3.Cc1[nH]nc2c1c(=O)n(CC1CO1)c1cc3c(cc21)CCCC3.[N-]=[N+]=[N-].[Na+]. The number of aliphatic hydroxyl groups excluding tert-OH is 2. The number of aryl methyl sites for hydroxylation is 12. The first-order chi connectivity index (χ1) is 48.5. The van der Waals surface area contributed by atoms with E-state index in [0.717, 1.165) is 154 Å². The summed E-state index contributed by atoms with van der Waals surface area (Å²) in [5.74, 6) is 0. The first-order valence-corrected chi connectivity index (χ1v) is 35.6. The Morgan fingerprint density at radius 2 is 0.853 bits per heavy atom. The van der Waals surface area contributed by atoms with Crippen LogP contribution in [0.2, 0.25) is 0 Å². The maximum atomic E-state index is 13.1. The Kier molecular flexibility index (Phi) is 23.8. The fourth-order valence-electron chi connectivity index (χ4n) is 14.9. The van der Waals surface area contributed by atoms with Gasteiger partial charge in [0.2, 0.25) is 0 Å². The van der Waals surface area contributed by atoms with Gasteiger partial charge in [-0.3, -0.25) is 44.5 Å². The third-order valence-electron chi connectivity index (χ3n) is 20.2. The molecule has 0 saturated carbocycles. The van der Waals surface area contributed by atoms with E-state index < -0.39 is 12.2 Å². The Morgan fingerprint density at radius 1 is 0.529 bits per heavy atom. The second kappa shape index (κ2) is 32.4. The molecule has 4 aromatic carbocycles. The van der Waals surface area contributed by atoms with Crippen LogP contribution < -0.4 is 57.5 Å². The Labute approximate surface area is 615 Å². The van der Waals surface area contributed by atoms with Crippen LogP contribution in [-0.2, 0) is 80.5 Å². The maximum Gasteiger partial charge on any atom is 1.00 e. The predicted molar refractivity (Wildman–Crippen MR) is 398 cm³/mol. The average molecular weight is 1460 g/mol. The smallest absolute Gasteiger partial charge is 0.391 e. The van der Waals surface area contributed by atoms with Gasteiger partial charge in [0.15, 0.2) is 0 Å². The Balaban J connectivity index is 0.000000131. The van der Waals surface area contributed by atoms with E-state index in [4.69, 9.17) is 31.8 Å². The Bertz CT molecular complexity index is 5490. The summed E-state index contributed by atoms with van der Waals surface area (Å²) in [6.07, 6.45) is 17.4. The van der Waals surface area contributed by atoms with E-state index in [1.165, 1.54) is 94.4 Å². The van der Waals surface area contributed by atoms with Gasteiger partial charge in [0.1, 0.15) is 22.1 Å². The van der Waals surface area contributed by atoms with E-state index in [1.54, 1.807) is 9.13 Å². The minimum atomic E-state index is -0.924. The van der Waals surface area contributed by atoms with Gasteiger partial charge in [-0.15, -0.1) is 0 Å². The van der Waals surface area contributed by atoms with Crippen LogP contribution in [0, 0.1) is 27.7 Å². The first kappa shape index (κ1) is 74.7. The molecule has 8 aromatic heterocycles. The minimum absolute atomic E-state index is 0. The van der Waals surface area contributed by atoms with E-state index in [0.29, 0.717) is 45.4 Å². The predicted octanol–water partition coefficient (Wildman–Crippen LogP) is 8.46. The molecular formula is C73H85BrN19NaO8. The fourth-order valence-corrected chi connectivity index (χ4v) is 15.3. The van der Waals surface area contributed by atoms with Crippen LogP contribution in [0.1, 0.15) is 126 Å². The number of aromatic amines is 5. The van der Waals surface area contributed by atoms with Crippen molar-refractivity contribution in [2.24, 2.45) is 10.8 Å². The molecule has 2 aliphatic heterocycles. The molecule has 4 unspecified atom stereocenters. The van der Waals surface area contributed by atoms with Gasteiger partial charge in [-0.05, 0) is 229 Å². The summed E-state index contributed by atoms with van der Waals surface area (Å²) in [5, 5.41) is 60.4. The number of pyridine rings is 4. The van der Waals surface area contributed by atoms with Gasteiger partial charge in [0.05, 0.1) is 107 Å². The van der Waals surface area contributed by atoms with E-state index in [-0.39, 0.29) is 91.5 Å². The fraction of sp³-hybridized carbons (Fsp3) is 0.452.